The number of nitrogens with one attached hydrogen (secondary N) is 2. The quantitative estimate of drug-likeness (QED) is 0.914. The number of carbonyl (C=O) groups excluding carboxylic acids is 1. The van der Waals surface area contributed by atoms with Crippen molar-refractivity contribution < 1.29 is 4.79 Å². The molecule has 0 saturated carbocycles. The van der Waals surface area contributed by atoms with Crippen LogP contribution in [0.1, 0.15) is 12.8 Å². The number of benzene rings is 1. The van der Waals surface area contributed by atoms with Gasteiger partial charge in [0.25, 0.3) is 5.56 Å². The van der Waals surface area contributed by atoms with E-state index in [0.717, 1.165) is 31.6 Å². The van der Waals surface area contributed by atoms with Gasteiger partial charge in [-0.3, -0.25) is 9.59 Å². The zero-order chi connectivity index (χ0) is 14.8. The number of nitrogens with zero attached hydrogens (tertiary/aromatic N) is 1. The first-order valence-electron chi connectivity index (χ1n) is 6.98. The van der Waals surface area contributed by atoms with Gasteiger partial charge in [-0.1, -0.05) is 17.7 Å². The molecular formula is C15H16ClN3O2. The van der Waals surface area contributed by atoms with Crippen LogP contribution in [0.5, 0.6) is 0 Å². The molecule has 5 nitrogen and oxygen atoms in total. The molecule has 2 N–H and O–H groups in total. The van der Waals surface area contributed by atoms with Crippen molar-refractivity contribution in [1.82, 2.24) is 9.88 Å². The zero-order valence-electron chi connectivity index (χ0n) is 11.5. The van der Waals surface area contributed by atoms with E-state index in [1.807, 2.05) is 11.0 Å². The van der Waals surface area contributed by atoms with Gasteiger partial charge in [0, 0.05) is 30.4 Å². The summed E-state index contributed by atoms with van der Waals surface area (Å²) in [4.78, 5) is 28.2. The Bertz CT molecular complexity index is 735. The van der Waals surface area contributed by atoms with Crippen LogP contribution in [-0.4, -0.2) is 35.4 Å². The van der Waals surface area contributed by atoms with E-state index in [9.17, 15) is 9.59 Å². The molecule has 0 spiro atoms. The molecule has 2 heterocycles. The maximum Gasteiger partial charge on any atom is 0.255 e. The van der Waals surface area contributed by atoms with E-state index in [1.54, 1.807) is 12.1 Å². The smallest absolute Gasteiger partial charge is 0.255 e. The summed E-state index contributed by atoms with van der Waals surface area (Å²) in [5, 5.41) is 4.80. The lowest BCUT2D eigenvalue weighted by Crippen LogP contribution is -2.32. The molecule has 1 aliphatic heterocycles. The van der Waals surface area contributed by atoms with Gasteiger partial charge in [0.1, 0.15) is 0 Å². The number of fused-ring (bicyclic) bond motifs is 1. The zero-order valence-corrected chi connectivity index (χ0v) is 12.2. The average molecular weight is 306 g/mol. The summed E-state index contributed by atoms with van der Waals surface area (Å²) < 4.78 is 0. The first-order valence-corrected chi connectivity index (χ1v) is 7.35. The Labute approximate surface area is 126 Å². The van der Waals surface area contributed by atoms with Gasteiger partial charge < -0.3 is 15.2 Å². The molecule has 110 valence electrons. The second-order valence-electron chi connectivity index (χ2n) is 5.17. The summed E-state index contributed by atoms with van der Waals surface area (Å²) in [6.45, 7) is 1.92. The number of aromatic nitrogens is 1. The van der Waals surface area contributed by atoms with E-state index in [1.165, 1.54) is 6.20 Å². The number of amides is 1. The van der Waals surface area contributed by atoms with Gasteiger partial charge in [0.05, 0.1) is 17.0 Å². The number of halogens is 1. The van der Waals surface area contributed by atoms with E-state index in [0.29, 0.717) is 15.8 Å². The minimum absolute atomic E-state index is 0.0904. The Kier molecular flexibility index (Phi) is 3.84. The number of H-pyrrole nitrogens is 1. The molecule has 0 atom stereocenters. The van der Waals surface area contributed by atoms with Crippen molar-refractivity contribution in [1.29, 1.82) is 0 Å². The van der Waals surface area contributed by atoms with Gasteiger partial charge in [-0.05, 0) is 25.0 Å². The maximum absolute atomic E-state index is 12.0. The number of rotatable bonds is 3. The highest BCUT2D eigenvalue weighted by atomic mass is 35.5. The molecule has 3 rings (SSSR count). The molecule has 1 aliphatic rings. The van der Waals surface area contributed by atoms with E-state index in [-0.39, 0.29) is 18.0 Å². The van der Waals surface area contributed by atoms with E-state index in [2.05, 4.69) is 10.3 Å². The van der Waals surface area contributed by atoms with Crippen LogP contribution in [0.4, 0.5) is 5.69 Å². The van der Waals surface area contributed by atoms with Crippen LogP contribution in [0.25, 0.3) is 10.8 Å². The lowest BCUT2D eigenvalue weighted by molar-refractivity contribution is -0.128. The molecule has 0 bridgehead atoms. The largest absolute Gasteiger partial charge is 0.376 e. The Hall–Kier alpha value is -2.01. The van der Waals surface area contributed by atoms with Crippen LogP contribution < -0.4 is 10.9 Å². The summed E-state index contributed by atoms with van der Waals surface area (Å²) in [5.41, 5.74) is 0.548. The van der Waals surface area contributed by atoms with Crippen molar-refractivity contribution in [3.8, 4) is 0 Å². The number of hydrogen-bond acceptors (Lipinski definition) is 3. The average Bonchev–Trinajstić information content (AvgIpc) is 3.03. The van der Waals surface area contributed by atoms with Gasteiger partial charge in [0.15, 0.2) is 0 Å². The molecule has 2 aromatic rings. The number of aromatic amines is 1. The molecule has 1 amide bonds. The lowest BCUT2D eigenvalue weighted by Gasteiger charge is -2.16. The first-order chi connectivity index (χ1) is 10.1. The predicted molar refractivity (Wildman–Crippen MR) is 83.9 cm³/mol. The fourth-order valence-corrected chi connectivity index (χ4v) is 2.81. The van der Waals surface area contributed by atoms with Crippen molar-refractivity contribution in [2.75, 3.05) is 25.0 Å². The number of anilines is 1. The first kappa shape index (κ1) is 13.9. The van der Waals surface area contributed by atoms with Crippen molar-refractivity contribution in [2.24, 2.45) is 0 Å². The molecular weight excluding hydrogens is 290 g/mol. The normalized spacial score (nSPS) is 14.6. The number of hydrogen-bond donors (Lipinski definition) is 2. The van der Waals surface area contributed by atoms with Crippen molar-refractivity contribution in [2.45, 2.75) is 12.8 Å². The van der Waals surface area contributed by atoms with Crippen LogP contribution in [0, 0.1) is 0 Å². The van der Waals surface area contributed by atoms with Crippen LogP contribution in [0.15, 0.2) is 29.2 Å². The molecule has 0 aliphatic carbocycles. The van der Waals surface area contributed by atoms with Crippen LogP contribution in [0.2, 0.25) is 5.02 Å². The summed E-state index contributed by atoms with van der Waals surface area (Å²) >= 11 is 6.04. The van der Waals surface area contributed by atoms with Gasteiger partial charge in [-0.2, -0.15) is 0 Å². The van der Waals surface area contributed by atoms with E-state index < -0.39 is 0 Å². The van der Waals surface area contributed by atoms with Crippen molar-refractivity contribution >= 4 is 34.0 Å². The predicted octanol–water partition coefficient (Wildman–Crippen LogP) is 2.22. The fraction of sp³-hybridized carbons (Fsp3) is 0.333. The third-order valence-electron chi connectivity index (χ3n) is 3.75. The second-order valence-corrected chi connectivity index (χ2v) is 5.57. The highest BCUT2D eigenvalue weighted by Gasteiger charge is 2.17. The summed E-state index contributed by atoms with van der Waals surface area (Å²) in [7, 11) is 0. The Morgan fingerprint density at radius 1 is 1.29 bits per heavy atom. The summed E-state index contributed by atoms with van der Waals surface area (Å²) in [5.74, 6) is 0.0904. The molecule has 21 heavy (non-hydrogen) atoms. The number of pyridine rings is 1. The monoisotopic (exact) mass is 305 g/mol. The molecule has 1 aromatic heterocycles. The standard InChI is InChI=1S/C15H16ClN3O2/c16-13-8-18-15(21)12-7-10(3-4-11(12)13)17-9-14(20)19-5-1-2-6-19/h3-4,7-8,17H,1-2,5-6,9H2,(H,18,21). The Morgan fingerprint density at radius 3 is 2.81 bits per heavy atom. The molecule has 6 heteroatoms. The minimum atomic E-state index is -0.191. The fourth-order valence-electron chi connectivity index (χ4n) is 2.59. The maximum atomic E-state index is 12.0. The summed E-state index contributed by atoms with van der Waals surface area (Å²) in [6.07, 6.45) is 3.64. The third kappa shape index (κ3) is 2.88. The van der Waals surface area contributed by atoms with Gasteiger partial charge in [-0.15, -0.1) is 0 Å². The topological polar surface area (TPSA) is 65.2 Å². The van der Waals surface area contributed by atoms with Crippen LogP contribution >= 0.6 is 11.6 Å². The van der Waals surface area contributed by atoms with Gasteiger partial charge in [0.2, 0.25) is 5.91 Å². The van der Waals surface area contributed by atoms with Crippen molar-refractivity contribution in [3.05, 3.63) is 39.8 Å². The number of likely N-dealkylation sites (tertiary alicyclic amines) is 1. The Morgan fingerprint density at radius 2 is 2.05 bits per heavy atom. The van der Waals surface area contributed by atoms with Gasteiger partial charge >= 0.3 is 0 Å². The van der Waals surface area contributed by atoms with E-state index in [4.69, 9.17) is 11.6 Å². The summed E-state index contributed by atoms with van der Waals surface area (Å²) in [6, 6.07) is 5.33. The highest BCUT2D eigenvalue weighted by molar-refractivity contribution is 6.35. The van der Waals surface area contributed by atoms with E-state index >= 15 is 0 Å². The number of carbonyl (C=O) groups is 1. The molecule has 0 radical (unpaired) electrons. The SMILES string of the molecule is O=C(CNc1ccc2c(Cl)c[nH]c(=O)c2c1)N1CCCC1. The third-order valence-corrected chi connectivity index (χ3v) is 4.07. The molecule has 1 saturated heterocycles. The Balaban J connectivity index is 1.77. The van der Waals surface area contributed by atoms with Gasteiger partial charge in [-0.25, -0.2) is 0 Å². The lowest BCUT2D eigenvalue weighted by atomic mass is 10.1. The van der Waals surface area contributed by atoms with Crippen LogP contribution in [-0.2, 0) is 4.79 Å². The molecule has 1 fully saturated rings. The minimum Gasteiger partial charge on any atom is -0.376 e. The van der Waals surface area contributed by atoms with Crippen molar-refractivity contribution in [3.63, 3.8) is 0 Å². The molecule has 1 aromatic carbocycles. The highest BCUT2D eigenvalue weighted by Crippen LogP contribution is 2.22. The van der Waals surface area contributed by atoms with Crippen LogP contribution in [0.3, 0.4) is 0 Å². The molecule has 0 unspecified atom stereocenters. The second kappa shape index (κ2) is 5.77.